The molecule has 2 N–H and O–H groups in total. The summed E-state index contributed by atoms with van der Waals surface area (Å²) in [6, 6.07) is 10.3. The van der Waals surface area contributed by atoms with Gasteiger partial charge in [-0.1, -0.05) is 28.1 Å². The Morgan fingerprint density at radius 3 is 2.42 bits per heavy atom. The van der Waals surface area contributed by atoms with Crippen LogP contribution in [-0.4, -0.2) is 20.9 Å². The normalized spacial score (nSPS) is 11.1. The Kier molecular flexibility index (Phi) is 5.95. The van der Waals surface area contributed by atoms with E-state index >= 15 is 0 Å². The number of carbonyl (C=O) groups excluding carboxylic acids is 1. The van der Waals surface area contributed by atoms with Gasteiger partial charge in [-0.25, -0.2) is 12.8 Å². The lowest BCUT2D eigenvalue weighted by atomic mass is 10.1. The lowest BCUT2D eigenvalue weighted by molar-refractivity contribution is -0.118. The van der Waals surface area contributed by atoms with Crippen molar-refractivity contribution in [1.29, 1.82) is 0 Å². The topological polar surface area (TPSA) is 75.3 Å². The van der Waals surface area contributed by atoms with Crippen LogP contribution < -0.4 is 10.0 Å². The quantitative estimate of drug-likeness (QED) is 0.762. The second kappa shape index (κ2) is 7.76. The second-order valence-electron chi connectivity index (χ2n) is 5.11. The third-order valence-electron chi connectivity index (χ3n) is 3.20. The molecule has 0 aromatic heterocycles. The van der Waals surface area contributed by atoms with Gasteiger partial charge in [-0.3, -0.25) is 9.52 Å². The van der Waals surface area contributed by atoms with E-state index in [0.717, 1.165) is 5.56 Å². The summed E-state index contributed by atoms with van der Waals surface area (Å²) >= 11 is 3.11. The van der Waals surface area contributed by atoms with E-state index in [1.165, 1.54) is 31.2 Å². The standard InChI is InChI=1S/C16H16BrFN2O3S/c1-11(21)19-9-8-12-2-5-14(6-3-12)24(22,23)20-16-7-4-13(17)10-15(16)18/h2-7,10,20H,8-9H2,1H3,(H,19,21). The number of anilines is 1. The molecule has 0 saturated carbocycles. The average molecular weight is 415 g/mol. The van der Waals surface area contributed by atoms with Crippen LogP contribution in [0.2, 0.25) is 0 Å². The van der Waals surface area contributed by atoms with Gasteiger partial charge in [0, 0.05) is 17.9 Å². The highest BCUT2D eigenvalue weighted by molar-refractivity contribution is 9.10. The zero-order valence-electron chi connectivity index (χ0n) is 12.8. The van der Waals surface area contributed by atoms with E-state index in [1.54, 1.807) is 18.2 Å². The second-order valence-corrected chi connectivity index (χ2v) is 7.70. The lowest BCUT2D eigenvalue weighted by Crippen LogP contribution is -2.22. The minimum absolute atomic E-state index is 0.0353. The predicted octanol–water partition coefficient (Wildman–Crippen LogP) is 3.07. The number of hydrogen-bond donors (Lipinski definition) is 2. The van der Waals surface area contributed by atoms with Gasteiger partial charge >= 0.3 is 0 Å². The Morgan fingerprint density at radius 2 is 1.83 bits per heavy atom. The van der Waals surface area contributed by atoms with Gasteiger partial charge in [0.15, 0.2) is 0 Å². The molecule has 2 rings (SSSR count). The molecule has 0 heterocycles. The molecule has 24 heavy (non-hydrogen) atoms. The third-order valence-corrected chi connectivity index (χ3v) is 5.07. The number of carbonyl (C=O) groups is 1. The predicted molar refractivity (Wildman–Crippen MR) is 93.7 cm³/mol. The molecule has 0 aliphatic carbocycles. The van der Waals surface area contributed by atoms with Crippen molar-refractivity contribution in [2.24, 2.45) is 0 Å². The zero-order valence-corrected chi connectivity index (χ0v) is 15.2. The van der Waals surface area contributed by atoms with Crippen molar-refractivity contribution in [3.8, 4) is 0 Å². The molecular formula is C16H16BrFN2O3S. The van der Waals surface area contributed by atoms with Crippen LogP contribution in [0.1, 0.15) is 12.5 Å². The minimum atomic E-state index is -3.87. The van der Waals surface area contributed by atoms with Crippen LogP contribution in [0.3, 0.4) is 0 Å². The SMILES string of the molecule is CC(=O)NCCc1ccc(S(=O)(=O)Nc2ccc(Br)cc2F)cc1. The van der Waals surface area contributed by atoms with Crippen LogP contribution in [0, 0.1) is 5.82 Å². The number of sulfonamides is 1. The average Bonchev–Trinajstić information content (AvgIpc) is 2.50. The van der Waals surface area contributed by atoms with E-state index in [0.29, 0.717) is 17.4 Å². The van der Waals surface area contributed by atoms with Crippen molar-refractivity contribution in [3.63, 3.8) is 0 Å². The van der Waals surface area contributed by atoms with E-state index in [1.807, 2.05) is 0 Å². The molecule has 2 aromatic carbocycles. The van der Waals surface area contributed by atoms with Crippen LogP contribution in [0.5, 0.6) is 0 Å². The molecule has 0 radical (unpaired) electrons. The maximum atomic E-state index is 13.8. The van der Waals surface area contributed by atoms with E-state index in [-0.39, 0.29) is 16.5 Å². The molecule has 0 fully saturated rings. The maximum Gasteiger partial charge on any atom is 0.261 e. The highest BCUT2D eigenvalue weighted by atomic mass is 79.9. The number of rotatable bonds is 6. The number of benzene rings is 2. The summed E-state index contributed by atoms with van der Waals surface area (Å²) in [7, 11) is -3.87. The van der Waals surface area contributed by atoms with Crippen LogP contribution in [0.15, 0.2) is 51.8 Å². The van der Waals surface area contributed by atoms with Gasteiger partial charge in [-0.05, 0) is 42.3 Å². The first kappa shape index (κ1) is 18.4. The maximum absolute atomic E-state index is 13.8. The summed E-state index contributed by atoms with van der Waals surface area (Å²) in [5.74, 6) is -0.783. The van der Waals surface area contributed by atoms with Crippen molar-refractivity contribution >= 4 is 37.5 Å². The monoisotopic (exact) mass is 414 g/mol. The molecular weight excluding hydrogens is 399 g/mol. The van der Waals surface area contributed by atoms with E-state index < -0.39 is 15.8 Å². The summed E-state index contributed by atoms with van der Waals surface area (Å²) in [6.45, 7) is 1.91. The molecule has 2 aromatic rings. The van der Waals surface area contributed by atoms with E-state index in [9.17, 15) is 17.6 Å². The Morgan fingerprint density at radius 1 is 1.17 bits per heavy atom. The van der Waals surface area contributed by atoms with Gasteiger partial charge < -0.3 is 5.32 Å². The molecule has 0 unspecified atom stereocenters. The summed E-state index contributed by atoms with van der Waals surface area (Å²) in [5, 5.41) is 2.67. The van der Waals surface area contributed by atoms with Gasteiger partial charge in [-0.15, -0.1) is 0 Å². The first-order valence-corrected chi connectivity index (χ1v) is 9.37. The largest absolute Gasteiger partial charge is 0.356 e. The summed E-state index contributed by atoms with van der Waals surface area (Å²) in [6.07, 6.45) is 0.592. The van der Waals surface area contributed by atoms with Crippen molar-refractivity contribution in [2.75, 3.05) is 11.3 Å². The Labute approximate surface area is 148 Å². The van der Waals surface area contributed by atoms with Crippen LogP contribution in [-0.2, 0) is 21.2 Å². The molecule has 128 valence electrons. The molecule has 8 heteroatoms. The number of halogens is 2. The highest BCUT2D eigenvalue weighted by Crippen LogP contribution is 2.22. The fourth-order valence-electron chi connectivity index (χ4n) is 1.99. The van der Waals surface area contributed by atoms with Gasteiger partial charge in [0.25, 0.3) is 10.0 Å². The van der Waals surface area contributed by atoms with Crippen LogP contribution in [0.4, 0.5) is 10.1 Å². The molecule has 0 aliphatic heterocycles. The van der Waals surface area contributed by atoms with Crippen LogP contribution in [0.25, 0.3) is 0 Å². The third kappa shape index (κ3) is 5.04. The van der Waals surface area contributed by atoms with Gasteiger partial charge in [0.2, 0.25) is 5.91 Å². The van der Waals surface area contributed by atoms with Gasteiger partial charge in [0.1, 0.15) is 5.82 Å². The van der Waals surface area contributed by atoms with Gasteiger partial charge in [0.05, 0.1) is 10.6 Å². The number of hydrogen-bond acceptors (Lipinski definition) is 3. The van der Waals surface area contributed by atoms with E-state index in [4.69, 9.17) is 0 Å². The van der Waals surface area contributed by atoms with Crippen molar-refractivity contribution in [2.45, 2.75) is 18.2 Å². The molecule has 1 amide bonds. The minimum Gasteiger partial charge on any atom is -0.356 e. The highest BCUT2D eigenvalue weighted by Gasteiger charge is 2.16. The Bertz CT molecular complexity index is 839. The first-order valence-electron chi connectivity index (χ1n) is 7.09. The fourth-order valence-corrected chi connectivity index (χ4v) is 3.39. The van der Waals surface area contributed by atoms with Crippen molar-refractivity contribution in [1.82, 2.24) is 5.32 Å². The zero-order chi connectivity index (χ0) is 17.7. The van der Waals surface area contributed by atoms with Crippen LogP contribution >= 0.6 is 15.9 Å². The summed E-state index contributed by atoms with van der Waals surface area (Å²) in [4.78, 5) is 10.8. The fraction of sp³-hybridized carbons (Fsp3) is 0.188. The molecule has 0 bridgehead atoms. The molecule has 5 nitrogen and oxygen atoms in total. The molecule has 0 spiro atoms. The van der Waals surface area contributed by atoms with Crippen molar-refractivity contribution < 1.29 is 17.6 Å². The Balaban J connectivity index is 2.10. The molecule has 0 atom stereocenters. The molecule has 0 aliphatic rings. The van der Waals surface area contributed by atoms with Crippen molar-refractivity contribution in [3.05, 3.63) is 58.3 Å². The summed E-state index contributed by atoms with van der Waals surface area (Å²) < 4.78 is 41.1. The number of amides is 1. The lowest BCUT2D eigenvalue weighted by Gasteiger charge is -2.10. The Hall–Kier alpha value is -1.93. The van der Waals surface area contributed by atoms with Gasteiger partial charge in [-0.2, -0.15) is 0 Å². The summed E-state index contributed by atoms with van der Waals surface area (Å²) in [5.41, 5.74) is 0.769. The van der Waals surface area contributed by atoms with E-state index in [2.05, 4.69) is 26.0 Å². The first-order chi connectivity index (χ1) is 11.3. The number of nitrogens with one attached hydrogen (secondary N) is 2. The molecule has 0 saturated heterocycles. The smallest absolute Gasteiger partial charge is 0.261 e.